The van der Waals surface area contributed by atoms with Gasteiger partial charge in [0.1, 0.15) is 5.15 Å². The van der Waals surface area contributed by atoms with E-state index in [-0.39, 0.29) is 23.8 Å². The number of carbonyl (C=O) groups is 1. The minimum Gasteiger partial charge on any atom is -0.465 e. The number of carboxylic acid groups (broad SMARTS) is 1. The lowest BCUT2D eigenvalue weighted by atomic mass is 9.55. The predicted octanol–water partition coefficient (Wildman–Crippen LogP) is 1.18. The Morgan fingerprint density at radius 2 is 2.14 bits per heavy atom. The second kappa shape index (κ2) is 5.24. The molecule has 1 aliphatic heterocycles. The van der Waals surface area contributed by atoms with Gasteiger partial charge in [0.25, 0.3) is 5.56 Å². The van der Waals surface area contributed by atoms with Gasteiger partial charge in [-0.05, 0) is 19.3 Å². The van der Waals surface area contributed by atoms with Gasteiger partial charge >= 0.3 is 6.09 Å². The normalized spacial score (nSPS) is 26.7. The van der Waals surface area contributed by atoms with E-state index in [0.717, 1.165) is 19.3 Å². The van der Waals surface area contributed by atoms with E-state index in [0.29, 0.717) is 13.0 Å². The van der Waals surface area contributed by atoms with Crippen LogP contribution < -0.4 is 5.56 Å². The summed E-state index contributed by atoms with van der Waals surface area (Å²) in [5.74, 6) is 0. The van der Waals surface area contributed by atoms with E-state index in [1.54, 1.807) is 0 Å². The van der Waals surface area contributed by atoms with Gasteiger partial charge in [0.15, 0.2) is 0 Å². The zero-order chi connectivity index (χ0) is 16.0. The minimum atomic E-state index is -1.10. The molecular weight excluding hydrogens is 310 g/mol. The maximum atomic E-state index is 12.0. The lowest BCUT2D eigenvalue weighted by Gasteiger charge is -2.58. The van der Waals surface area contributed by atoms with E-state index in [1.807, 2.05) is 0 Å². The summed E-state index contributed by atoms with van der Waals surface area (Å²) in [6, 6.07) is 1.21. The summed E-state index contributed by atoms with van der Waals surface area (Å²) in [7, 11) is 0. The van der Waals surface area contributed by atoms with E-state index in [1.165, 1.54) is 21.9 Å². The first-order chi connectivity index (χ1) is 10.4. The van der Waals surface area contributed by atoms with Gasteiger partial charge < -0.3 is 15.1 Å². The highest BCUT2D eigenvalue weighted by molar-refractivity contribution is 6.29. The van der Waals surface area contributed by atoms with Crippen molar-refractivity contribution in [2.24, 2.45) is 5.41 Å². The molecule has 1 aromatic rings. The van der Waals surface area contributed by atoms with Crippen LogP contribution >= 0.6 is 11.6 Å². The number of nitrogens with zero attached hydrogens (tertiary/aromatic N) is 3. The van der Waals surface area contributed by atoms with Crippen molar-refractivity contribution in [3.05, 3.63) is 27.9 Å². The number of likely N-dealkylation sites (tertiary alicyclic amines) is 1. The SMILES string of the molecule is O=C(O)N1CCC(O)(Cn2cnc(Cl)cc2=O)C2(CCC2)C1. The van der Waals surface area contributed by atoms with Gasteiger partial charge in [-0.15, -0.1) is 0 Å². The molecule has 1 saturated heterocycles. The Kier molecular flexibility index (Phi) is 3.65. The first-order valence-electron chi connectivity index (χ1n) is 7.28. The van der Waals surface area contributed by atoms with Crippen molar-refractivity contribution in [2.45, 2.75) is 37.8 Å². The molecule has 1 aromatic heterocycles. The Balaban J connectivity index is 1.88. The molecule has 2 heterocycles. The van der Waals surface area contributed by atoms with E-state index in [9.17, 15) is 19.8 Å². The Hall–Kier alpha value is -1.60. The smallest absolute Gasteiger partial charge is 0.407 e. The predicted molar refractivity (Wildman–Crippen MR) is 79.0 cm³/mol. The molecule has 1 spiro atoms. The number of amides is 1. The van der Waals surface area contributed by atoms with Gasteiger partial charge in [0, 0.05) is 24.6 Å². The van der Waals surface area contributed by atoms with Crippen molar-refractivity contribution < 1.29 is 15.0 Å². The lowest BCUT2D eigenvalue weighted by Crippen LogP contribution is -2.65. The number of hydrogen-bond acceptors (Lipinski definition) is 4. The van der Waals surface area contributed by atoms with Crippen LogP contribution in [0.15, 0.2) is 17.2 Å². The highest BCUT2D eigenvalue weighted by atomic mass is 35.5. The highest BCUT2D eigenvalue weighted by Gasteiger charge is 2.57. The van der Waals surface area contributed by atoms with Crippen LogP contribution in [0.25, 0.3) is 0 Å². The van der Waals surface area contributed by atoms with E-state index < -0.39 is 17.1 Å². The molecule has 1 aliphatic carbocycles. The van der Waals surface area contributed by atoms with Crippen LogP contribution in [-0.4, -0.2) is 49.4 Å². The standard InChI is InChI=1S/C14H18ClN3O4/c15-10-6-11(19)18(9-16-10)8-14(22)4-5-17(12(20)21)7-13(14)2-1-3-13/h6,9,22H,1-5,7-8H2,(H,20,21). The monoisotopic (exact) mass is 327 g/mol. The zero-order valence-corrected chi connectivity index (χ0v) is 12.8. The molecule has 1 unspecified atom stereocenters. The van der Waals surface area contributed by atoms with Crippen molar-refractivity contribution in [1.29, 1.82) is 0 Å². The van der Waals surface area contributed by atoms with Crippen LogP contribution in [0.2, 0.25) is 5.15 Å². The molecule has 2 aliphatic rings. The molecule has 0 bridgehead atoms. The van der Waals surface area contributed by atoms with Crippen molar-refractivity contribution in [2.75, 3.05) is 13.1 Å². The maximum Gasteiger partial charge on any atom is 0.407 e. The molecule has 7 nitrogen and oxygen atoms in total. The van der Waals surface area contributed by atoms with Crippen molar-refractivity contribution in [3.8, 4) is 0 Å². The first kappa shape index (κ1) is 15.3. The molecule has 0 radical (unpaired) electrons. The fourth-order valence-electron chi connectivity index (χ4n) is 3.62. The van der Waals surface area contributed by atoms with Crippen LogP contribution in [0.3, 0.4) is 0 Å². The van der Waals surface area contributed by atoms with Gasteiger partial charge in [-0.1, -0.05) is 18.0 Å². The Morgan fingerprint density at radius 3 is 2.68 bits per heavy atom. The van der Waals surface area contributed by atoms with Crippen LogP contribution in [0, 0.1) is 5.41 Å². The largest absolute Gasteiger partial charge is 0.465 e. The fraction of sp³-hybridized carbons (Fsp3) is 0.643. The number of rotatable bonds is 2. The van der Waals surface area contributed by atoms with Crippen LogP contribution in [0.5, 0.6) is 0 Å². The zero-order valence-electron chi connectivity index (χ0n) is 12.0. The summed E-state index contributed by atoms with van der Waals surface area (Å²) in [6.07, 6.45) is 3.18. The summed E-state index contributed by atoms with van der Waals surface area (Å²) < 4.78 is 1.35. The number of halogens is 1. The van der Waals surface area contributed by atoms with Crippen LogP contribution in [0.1, 0.15) is 25.7 Å². The van der Waals surface area contributed by atoms with E-state index in [4.69, 9.17) is 11.6 Å². The van der Waals surface area contributed by atoms with Gasteiger partial charge in [0.05, 0.1) is 18.5 Å². The average Bonchev–Trinajstić information content (AvgIpc) is 2.40. The van der Waals surface area contributed by atoms with Crippen molar-refractivity contribution in [3.63, 3.8) is 0 Å². The van der Waals surface area contributed by atoms with Crippen molar-refractivity contribution >= 4 is 17.7 Å². The average molecular weight is 328 g/mol. The second-order valence-corrected chi connectivity index (χ2v) is 6.68. The molecular formula is C14H18ClN3O4. The molecule has 2 fully saturated rings. The summed E-state index contributed by atoms with van der Waals surface area (Å²) in [5, 5.41) is 20.5. The number of hydrogen-bond donors (Lipinski definition) is 2. The topological polar surface area (TPSA) is 95.7 Å². The molecule has 22 heavy (non-hydrogen) atoms. The van der Waals surface area contributed by atoms with Gasteiger partial charge in [-0.2, -0.15) is 0 Å². The fourth-order valence-corrected chi connectivity index (χ4v) is 3.76. The second-order valence-electron chi connectivity index (χ2n) is 6.30. The van der Waals surface area contributed by atoms with Crippen LogP contribution in [0.4, 0.5) is 4.79 Å². The van der Waals surface area contributed by atoms with E-state index in [2.05, 4.69) is 4.98 Å². The molecule has 8 heteroatoms. The number of piperidine rings is 1. The van der Waals surface area contributed by atoms with Crippen LogP contribution in [-0.2, 0) is 6.54 Å². The third-order valence-electron chi connectivity index (χ3n) is 5.14. The van der Waals surface area contributed by atoms with Gasteiger partial charge in [0.2, 0.25) is 0 Å². The minimum absolute atomic E-state index is 0.115. The Bertz CT molecular complexity index is 658. The van der Waals surface area contributed by atoms with Crippen molar-refractivity contribution in [1.82, 2.24) is 14.5 Å². The van der Waals surface area contributed by atoms with Gasteiger partial charge in [-0.3, -0.25) is 9.36 Å². The summed E-state index contributed by atoms with van der Waals surface area (Å²) in [6.45, 7) is 0.696. The molecule has 2 N–H and O–H groups in total. The summed E-state index contributed by atoms with van der Waals surface area (Å²) in [4.78, 5) is 28.4. The van der Waals surface area contributed by atoms with E-state index >= 15 is 0 Å². The maximum absolute atomic E-state index is 12.0. The Morgan fingerprint density at radius 1 is 1.41 bits per heavy atom. The molecule has 120 valence electrons. The number of aromatic nitrogens is 2. The summed E-state index contributed by atoms with van der Waals surface area (Å²) >= 11 is 5.68. The first-order valence-corrected chi connectivity index (χ1v) is 7.65. The summed E-state index contributed by atoms with van der Waals surface area (Å²) in [5.41, 5.74) is -1.89. The molecule has 1 atom stereocenters. The molecule has 1 amide bonds. The Labute approximate surface area is 132 Å². The highest BCUT2D eigenvalue weighted by Crippen LogP contribution is 2.53. The third-order valence-corrected chi connectivity index (χ3v) is 5.34. The molecule has 0 aromatic carbocycles. The number of aliphatic hydroxyl groups is 1. The van der Waals surface area contributed by atoms with Gasteiger partial charge in [-0.25, -0.2) is 9.78 Å². The quantitative estimate of drug-likeness (QED) is 0.795. The third kappa shape index (κ3) is 2.38. The lowest BCUT2D eigenvalue weighted by molar-refractivity contribution is -0.174. The molecule has 1 saturated carbocycles. The molecule has 3 rings (SSSR count).